The van der Waals surface area contributed by atoms with Crippen molar-refractivity contribution in [2.45, 2.75) is 49.1 Å². The number of nitrogens with two attached hydrogens (primary N) is 2. The molecule has 1 aromatic carbocycles. The molecule has 0 spiro atoms. The molecule has 5 N–H and O–H groups in total. The van der Waals surface area contributed by atoms with E-state index in [0.29, 0.717) is 0 Å². The minimum absolute atomic E-state index is 0.0939. The Labute approximate surface area is 123 Å². The molecule has 0 radical (unpaired) electrons. The lowest BCUT2D eigenvalue weighted by Crippen LogP contribution is -2.53. The van der Waals surface area contributed by atoms with Crippen LogP contribution in [0.1, 0.15) is 31.9 Å². The monoisotopic (exact) mass is 294 g/mol. The van der Waals surface area contributed by atoms with Gasteiger partial charge in [-0.25, -0.2) is 0 Å². The Balaban J connectivity index is 2.33. The van der Waals surface area contributed by atoms with Gasteiger partial charge in [-0.15, -0.1) is 11.8 Å². The van der Waals surface area contributed by atoms with Crippen LogP contribution in [-0.2, 0) is 16.6 Å². The summed E-state index contributed by atoms with van der Waals surface area (Å²) >= 11 is 1.54. The average molecular weight is 294 g/mol. The quantitative estimate of drug-likeness (QED) is 0.788. The molecule has 5 heteroatoms. The van der Waals surface area contributed by atoms with Crippen LogP contribution in [0, 0.1) is 0 Å². The molecule has 1 aromatic rings. The molecule has 4 nitrogen and oxygen atoms in total. The molecule has 1 unspecified atom stereocenters. The third-order valence-corrected chi connectivity index (χ3v) is 5.67. The van der Waals surface area contributed by atoms with Crippen LogP contribution in [0.25, 0.3) is 0 Å². The minimum atomic E-state index is -0.309. The average Bonchev–Trinajstić information content (AvgIpc) is 2.37. The van der Waals surface area contributed by atoms with E-state index in [4.69, 9.17) is 11.5 Å². The standard InChI is InChI=1S/C15H22N2O2S/c1-8(14(17)19)20-12-6-9-4-5-10(18)7-11(9)15(2,3)13(12)16/h4-5,7-8,12-13,18H,6,16H2,1-3H3,(H2,17,19)/t8?,12-,13+/m1/s1. The third-order valence-electron chi connectivity index (χ3n) is 4.22. The van der Waals surface area contributed by atoms with E-state index >= 15 is 0 Å². The van der Waals surface area contributed by atoms with Gasteiger partial charge in [-0.05, 0) is 36.6 Å². The number of hydrogen-bond acceptors (Lipinski definition) is 4. The van der Waals surface area contributed by atoms with Crippen LogP contribution in [-0.4, -0.2) is 27.6 Å². The fraction of sp³-hybridized carbons (Fsp3) is 0.533. The van der Waals surface area contributed by atoms with Crippen LogP contribution < -0.4 is 11.5 Å². The predicted molar refractivity (Wildman–Crippen MR) is 82.8 cm³/mol. The smallest absolute Gasteiger partial charge is 0.230 e. The number of thioether (sulfide) groups is 1. The van der Waals surface area contributed by atoms with Gasteiger partial charge >= 0.3 is 0 Å². The molecule has 1 amide bonds. The molecule has 2 rings (SSSR count). The number of phenolic OH excluding ortho intramolecular Hbond substituents is 1. The Kier molecular flexibility index (Phi) is 4.02. The van der Waals surface area contributed by atoms with Crippen molar-refractivity contribution in [3.63, 3.8) is 0 Å². The molecule has 1 aliphatic carbocycles. The lowest BCUT2D eigenvalue weighted by Gasteiger charge is -2.43. The van der Waals surface area contributed by atoms with Gasteiger partial charge in [0.2, 0.25) is 5.91 Å². The van der Waals surface area contributed by atoms with Gasteiger partial charge in [0.15, 0.2) is 0 Å². The highest BCUT2D eigenvalue weighted by molar-refractivity contribution is 8.01. The van der Waals surface area contributed by atoms with Crippen molar-refractivity contribution in [1.82, 2.24) is 0 Å². The Bertz CT molecular complexity index is 531. The fourth-order valence-electron chi connectivity index (χ4n) is 2.79. The molecule has 0 heterocycles. The first-order chi connectivity index (χ1) is 9.23. The van der Waals surface area contributed by atoms with Crippen LogP contribution in [0.4, 0.5) is 0 Å². The molecule has 0 aliphatic heterocycles. The largest absolute Gasteiger partial charge is 0.508 e. The number of carbonyl (C=O) groups is 1. The van der Waals surface area contributed by atoms with Crippen molar-refractivity contribution in [3.8, 4) is 5.75 Å². The summed E-state index contributed by atoms with van der Waals surface area (Å²) in [5.41, 5.74) is 13.8. The number of amides is 1. The maximum Gasteiger partial charge on any atom is 0.230 e. The minimum Gasteiger partial charge on any atom is -0.508 e. The van der Waals surface area contributed by atoms with E-state index in [0.717, 1.165) is 12.0 Å². The highest BCUT2D eigenvalue weighted by Crippen LogP contribution is 2.42. The SMILES string of the molecule is CC(S[C@@H]1Cc2ccc(O)cc2C(C)(C)[C@H]1N)C(N)=O. The second-order valence-electron chi connectivity index (χ2n) is 6.01. The van der Waals surface area contributed by atoms with Crippen molar-refractivity contribution >= 4 is 17.7 Å². The van der Waals surface area contributed by atoms with Crippen LogP contribution in [0.2, 0.25) is 0 Å². The van der Waals surface area contributed by atoms with E-state index in [-0.39, 0.29) is 33.6 Å². The van der Waals surface area contributed by atoms with Gasteiger partial charge < -0.3 is 16.6 Å². The Hall–Kier alpha value is -1.20. The first-order valence-corrected chi connectivity index (χ1v) is 7.70. The molecule has 3 atom stereocenters. The van der Waals surface area contributed by atoms with Crippen molar-refractivity contribution in [2.75, 3.05) is 0 Å². The zero-order valence-corrected chi connectivity index (χ0v) is 12.9. The van der Waals surface area contributed by atoms with E-state index in [1.54, 1.807) is 23.9 Å². The Morgan fingerprint density at radius 3 is 2.75 bits per heavy atom. The number of primary amides is 1. The molecule has 0 bridgehead atoms. The van der Waals surface area contributed by atoms with Crippen molar-refractivity contribution in [1.29, 1.82) is 0 Å². The molecular weight excluding hydrogens is 272 g/mol. The summed E-state index contributed by atoms with van der Waals surface area (Å²) in [4.78, 5) is 11.3. The second-order valence-corrected chi connectivity index (χ2v) is 7.60. The summed E-state index contributed by atoms with van der Waals surface area (Å²) in [7, 11) is 0. The molecule has 0 saturated heterocycles. The molecule has 0 saturated carbocycles. The molecule has 1 aliphatic rings. The summed E-state index contributed by atoms with van der Waals surface area (Å²) < 4.78 is 0. The fourth-order valence-corrected chi connectivity index (χ4v) is 4.24. The third kappa shape index (κ3) is 2.65. The highest BCUT2D eigenvalue weighted by atomic mass is 32.2. The summed E-state index contributed by atoms with van der Waals surface area (Å²) in [5, 5.41) is 9.58. The lowest BCUT2D eigenvalue weighted by molar-refractivity contribution is -0.117. The van der Waals surface area contributed by atoms with Crippen LogP contribution in [0.15, 0.2) is 18.2 Å². The van der Waals surface area contributed by atoms with Crippen LogP contribution in [0.5, 0.6) is 5.75 Å². The summed E-state index contributed by atoms with van der Waals surface area (Å²) in [6, 6.07) is 5.35. The zero-order valence-electron chi connectivity index (χ0n) is 12.1. The molecule has 110 valence electrons. The van der Waals surface area contributed by atoms with Gasteiger partial charge in [0.25, 0.3) is 0 Å². The summed E-state index contributed by atoms with van der Waals surface area (Å²) in [6.45, 7) is 5.98. The molecular formula is C15H22N2O2S. The number of carbonyl (C=O) groups excluding carboxylic acids is 1. The van der Waals surface area contributed by atoms with Gasteiger partial charge in [-0.3, -0.25) is 4.79 Å². The van der Waals surface area contributed by atoms with Crippen molar-refractivity contribution < 1.29 is 9.90 Å². The lowest BCUT2D eigenvalue weighted by atomic mass is 9.69. The number of hydrogen-bond donors (Lipinski definition) is 3. The predicted octanol–water partition coefficient (Wildman–Crippen LogP) is 1.53. The van der Waals surface area contributed by atoms with Gasteiger partial charge in [0, 0.05) is 16.7 Å². The molecule has 20 heavy (non-hydrogen) atoms. The highest BCUT2D eigenvalue weighted by Gasteiger charge is 2.41. The zero-order chi connectivity index (χ0) is 15.1. The van der Waals surface area contributed by atoms with E-state index < -0.39 is 0 Å². The number of rotatable bonds is 3. The summed E-state index contributed by atoms with van der Waals surface area (Å²) in [5.74, 6) is -0.0443. The first-order valence-electron chi connectivity index (χ1n) is 6.76. The maximum atomic E-state index is 11.3. The van der Waals surface area contributed by atoms with Gasteiger partial charge in [0.1, 0.15) is 5.75 Å². The Morgan fingerprint density at radius 2 is 2.15 bits per heavy atom. The van der Waals surface area contributed by atoms with E-state index in [9.17, 15) is 9.90 Å². The van der Waals surface area contributed by atoms with Gasteiger partial charge in [-0.2, -0.15) is 0 Å². The van der Waals surface area contributed by atoms with E-state index in [1.165, 1.54) is 5.56 Å². The van der Waals surface area contributed by atoms with Crippen LogP contribution in [0.3, 0.4) is 0 Å². The topological polar surface area (TPSA) is 89.3 Å². The first kappa shape index (κ1) is 15.2. The van der Waals surface area contributed by atoms with Gasteiger partial charge in [-0.1, -0.05) is 19.9 Å². The number of fused-ring (bicyclic) bond motifs is 1. The Morgan fingerprint density at radius 1 is 1.50 bits per heavy atom. The second kappa shape index (κ2) is 5.30. The maximum absolute atomic E-state index is 11.3. The van der Waals surface area contributed by atoms with E-state index in [2.05, 4.69) is 13.8 Å². The van der Waals surface area contributed by atoms with Crippen LogP contribution >= 0.6 is 11.8 Å². The van der Waals surface area contributed by atoms with Crippen molar-refractivity contribution in [3.05, 3.63) is 29.3 Å². The number of aromatic hydroxyl groups is 1. The van der Waals surface area contributed by atoms with Gasteiger partial charge in [0.05, 0.1) is 5.25 Å². The van der Waals surface area contributed by atoms with Crippen molar-refractivity contribution in [2.24, 2.45) is 11.5 Å². The number of phenols is 1. The molecule has 0 fully saturated rings. The number of benzene rings is 1. The summed E-state index contributed by atoms with van der Waals surface area (Å²) in [6.07, 6.45) is 0.794. The normalized spacial score (nSPS) is 25.8. The molecule has 0 aromatic heterocycles. The van der Waals surface area contributed by atoms with E-state index in [1.807, 2.05) is 13.0 Å².